The van der Waals surface area contributed by atoms with Crippen molar-refractivity contribution in [2.45, 2.75) is 25.8 Å². The summed E-state index contributed by atoms with van der Waals surface area (Å²) in [6, 6.07) is 7.75. The molecule has 0 bridgehead atoms. The molecule has 0 radical (unpaired) electrons. The minimum Gasteiger partial charge on any atom is -0.464 e. The normalized spacial score (nSPS) is 17.1. The molecular formula is C15H17N3O3. The SMILES string of the molecule is CCOC(=O)C1CCCN1C(=O)Nc1ccc(C#N)cc1. The summed E-state index contributed by atoms with van der Waals surface area (Å²) in [5.74, 6) is -0.357. The van der Waals surface area contributed by atoms with E-state index in [4.69, 9.17) is 10.00 Å². The second-order valence-corrected chi connectivity index (χ2v) is 4.72. The molecule has 6 nitrogen and oxygen atoms in total. The molecule has 21 heavy (non-hydrogen) atoms. The van der Waals surface area contributed by atoms with Crippen LogP contribution in [0.25, 0.3) is 0 Å². The predicted octanol–water partition coefficient (Wildman–Crippen LogP) is 2.12. The molecule has 6 heteroatoms. The molecular weight excluding hydrogens is 270 g/mol. The number of ether oxygens (including phenoxy) is 1. The molecule has 1 aliphatic heterocycles. The second-order valence-electron chi connectivity index (χ2n) is 4.72. The van der Waals surface area contributed by atoms with Crippen LogP contribution in [0.4, 0.5) is 10.5 Å². The van der Waals surface area contributed by atoms with Gasteiger partial charge in [0.05, 0.1) is 18.2 Å². The average Bonchev–Trinajstić information content (AvgIpc) is 2.98. The van der Waals surface area contributed by atoms with Gasteiger partial charge in [-0.2, -0.15) is 5.26 Å². The topological polar surface area (TPSA) is 82.4 Å². The maximum atomic E-state index is 12.2. The van der Waals surface area contributed by atoms with Gasteiger partial charge >= 0.3 is 12.0 Å². The van der Waals surface area contributed by atoms with Crippen LogP contribution in [-0.2, 0) is 9.53 Å². The lowest BCUT2D eigenvalue weighted by atomic mass is 10.2. The summed E-state index contributed by atoms with van der Waals surface area (Å²) in [5, 5.41) is 11.5. The van der Waals surface area contributed by atoms with Crippen LogP contribution in [-0.4, -0.2) is 36.1 Å². The highest BCUT2D eigenvalue weighted by atomic mass is 16.5. The monoisotopic (exact) mass is 287 g/mol. The number of hydrogen-bond acceptors (Lipinski definition) is 4. The van der Waals surface area contributed by atoms with Gasteiger partial charge in [-0.05, 0) is 44.0 Å². The zero-order chi connectivity index (χ0) is 15.2. The molecule has 0 aromatic heterocycles. The van der Waals surface area contributed by atoms with Gasteiger partial charge in [0, 0.05) is 12.2 Å². The molecule has 0 saturated carbocycles. The number of benzene rings is 1. The molecule has 1 atom stereocenters. The molecule has 1 aliphatic rings. The number of nitrogens with one attached hydrogen (secondary N) is 1. The highest BCUT2D eigenvalue weighted by molar-refractivity contribution is 5.93. The van der Waals surface area contributed by atoms with Crippen molar-refractivity contribution >= 4 is 17.7 Å². The first-order valence-electron chi connectivity index (χ1n) is 6.90. The minimum absolute atomic E-state index is 0.306. The first-order valence-corrected chi connectivity index (χ1v) is 6.90. The van der Waals surface area contributed by atoms with E-state index in [-0.39, 0.29) is 12.0 Å². The smallest absolute Gasteiger partial charge is 0.328 e. The molecule has 1 aromatic rings. The van der Waals surface area contributed by atoms with Gasteiger partial charge in [-0.1, -0.05) is 0 Å². The molecule has 1 saturated heterocycles. The third kappa shape index (κ3) is 3.51. The van der Waals surface area contributed by atoms with Crippen LogP contribution in [0, 0.1) is 11.3 Å². The quantitative estimate of drug-likeness (QED) is 0.863. The number of carbonyl (C=O) groups is 2. The fourth-order valence-corrected chi connectivity index (χ4v) is 2.32. The van der Waals surface area contributed by atoms with Crippen molar-refractivity contribution in [1.29, 1.82) is 5.26 Å². The standard InChI is InChI=1S/C15H17N3O3/c1-2-21-14(19)13-4-3-9-18(13)15(20)17-12-7-5-11(10-16)6-8-12/h5-8,13H,2-4,9H2,1H3,(H,17,20). The Kier molecular flexibility index (Phi) is 4.77. The van der Waals surface area contributed by atoms with Crippen LogP contribution >= 0.6 is 0 Å². The second kappa shape index (κ2) is 6.75. The number of hydrogen-bond donors (Lipinski definition) is 1. The Bertz CT molecular complexity index is 563. The van der Waals surface area contributed by atoms with Gasteiger partial charge in [0.2, 0.25) is 0 Å². The van der Waals surface area contributed by atoms with E-state index >= 15 is 0 Å². The number of rotatable bonds is 3. The highest BCUT2D eigenvalue weighted by Crippen LogP contribution is 2.20. The first-order chi connectivity index (χ1) is 10.2. The maximum absolute atomic E-state index is 12.2. The number of carbonyl (C=O) groups excluding carboxylic acids is 2. The summed E-state index contributed by atoms with van der Waals surface area (Å²) in [5.41, 5.74) is 1.12. The number of urea groups is 1. The van der Waals surface area contributed by atoms with Crippen molar-refractivity contribution in [2.75, 3.05) is 18.5 Å². The molecule has 1 aromatic carbocycles. The number of nitriles is 1. The van der Waals surface area contributed by atoms with Crippen LogP contribution in [0.2, 0.25) is 0 Å². The van der Waals surface area contributed by atoms with Crippen LogP contribution in [0.1, 0.15) is 25.3 Å². The van der Waals surface area contributed by atoms with Gasteiger partial charge in [-0.15, -0.1) is 0 Å². The van der Waals surface area contributed by atoms with Gasteiger partial charge in [-0.25, -0.2) is 9.59 Å². The lowest BCUT2D eigenvalue weighted by Gasteiger charge is -2.23. The van der Waals surface area contributed by atoms with Gasteiger partial charge in [0.1, 0.15) is 6.04 Å². The van der Waals surface area contributed by atoms with E-state index in [1.165, 1.54) is 4.90 Å². The summed E-state index contributed by atoms with van der Waals surface area (Å²) in [6.45, 7) is 2.58. The Balaban J connectivity index is 2.01. The summed E-state index contributed by atoms with van der Waals surface area (Å²) in [7, 11) is 0. The number of anilines is 1. The van der Waals surface area contributed by atoms with E-state index in [0.717, 1.165) is 6.42 Å². The van der Waals surface area contributed by atoms with Crippen LogP contribution in [0.5, 0.6) is 0 Å². The average molecular weight is 287 g/mol. The Morgan fingerprint density at radius 2 is 2.14 bits per heavy atom. The van der Waals surface area contributed by atoms with Crippen LogP contribution in [0.15, 0.2) is 24.3 Å². The number of amides is 2. The molecule has 2 amide bonds. The third-order valence-electron chi connectivity index (χ3n) is 3.34. The van der Waals surface area contributed by atoms with Gasteiger partial charge in [-0.3, -0.25) is 0 Å². The first kappa shape index (κ1) is 14.9. The fraction of sp³-hybridized carbons (Fsp3) is 0.400. The van der Waals surface area contributed by atoms with Crippen molar-refractivity contribution in [2.24, 2.45) is 0 Å². The van der Waals surface area contributed by atoms with Gasteiger partial charge < -0.3 is 15.0 Å². The van der Waals surface area contributed by atoms with E-state index in [0.29, 0.717) is 30.8 Å². The largest absolute Gasteiger partial charge is 0.464 e. The summed E-state index contributed by atoms with van der Waals surface area (Å²) < 4.78 is 4.99. The van der Waals surface area contributed by atoms with Crippen molar-refractivity contribution in [3.8, 4) is 6.07 Å². The molecule has 110 valence electrons. The zero-order valence-electron chi connectivity index (χ0n) is 11.8. The number of esters is 1. The van der Waals surface area contributed by atoms with Crippen molar-refractivity contribution < 1.29 is 14.3 Å². The predicted molar refractivity (Wildman–Crippen MR) is 76.5 cm³/mol. The summed E-state index contributed by atoms with van der Waals surface area (Å²) in [6.07, 6.45) is 1.41. The summed E-state index contributed by atoms with van der Waals surface area (Å²) in [4.78, 5) is 25.5. The number of likely N-dealkylation sites (tertiary alicyclic amines) is 1. The van der Waals surface area contributed by atoms with Crippen LogP contribution in [0.3, 0.4) is 0 Å². The molecule has 0 spiro atoms. The Labute approximate surface area is 123 Å². The van der Waals surface area contributed by atoms with Crippen LogP contribution < -0.4 is 5.32 Å². The number of nitrogens with zero attached hydrogens (tertiary/aromatic N) is 2. The van der Waals surface area contributed by atoms with Crippen molar-refractivity contribution in [1.82, 2.24) is 4.90 Å². The van der Waals surface area contributed by atoms with Crippen molar-refractivity contribution in [3.63, 3.8) is 0 Å². The molecule has 1 fully saturated rings. The molecule has 1 unspecified atom stereocenters. The van der Waals surface area contributed by atoms with Crippen molar-refractivity contribution in [3.05, 3.63) is 29.8 Å². The Morgan fingerprint density at radius 3 is 2.76 bits per heavy atom. The van der Waals surface area contributed by atoms with E-state index in [1.54, 1.807) is 31.2 Å². The van der Waals surface area contributed by atoms with E-state index in [2.05, 4.69) is 5.32 Å². The van der Waals surface area contributed by atoms with E-state index in [1.807, 2.05) is 6.07 Å². The van der Waals surface area contributed by atoms with Gasteiger partial charge in [0.25, 0.3) is 0 Å². The summed E-state index contributed by atoms with van der Waals surface area (Å²) >= 11 is 0. The molecule has 2 rings (SSSR count). The third-order valence-corrected chi connectivity index (χ3v) is 3.34. The van der Waals surface area contributed by atoms with E-state index in [9.17, 15) is 9.59 Å². The van der Waals surface area contributed by atoms with Gasteiger partial charge in [0.15, 0.2) is 0 Å². The Morgan fingerprint density at radius 1 is 1.43 bits per heavy atom. The minimum atomic E-state index is -0.511. The Hall–Kier alpha value is -2.55. The molecule has 1 N–H and O–H groups in total. The molecule has 1 heterocycles. The maximum Gasteiger partial charge on any atom is 0.328 e. The lowest BCUT2D eigenvalue weighted by molar-refractivity contribution is -0.147. The lowest BCUT2D eigenvalue weighted by Crippen LogP contribution is -2.43. The molecule has 0 aliphatic carbocycles. The zero-order valence-corrected chi connectivity index (χ0v) is 11.8. The fourth-order valence-electron chi connectivity index (χ4n) is 2.32. The van der Waals surface area contributed by atoms with E-state index < -0.39 is 6.04 Å². The highest BCUT2D eigenvalue weighted by Gasteiger charge is 2.35.